The van der Waals surface area contributed by atoms with E-state index >= 15 is 0 Å². The number of hydrogen-bond donors (Lipinski definition) is 1. The van der Waals surface area contributed by atoms with Crippen LogP contribution in [-0.4, -0.2) is 42.5 Å². The van der Waals surface area contributed by atoms with Crippen molar-refractivity contribution in [2.45, 2.75) is 0 Å². The Kier molecular flexibility index (Phi) is 4.26. The molecule has 0 aliphatic carbocycles. The van der Waals surface area contributed by atoms with Crippen LogP contribution < -0.4 is 0 Å². The zero-order chi connectivity index (χ0) is 16.4. The molecule has 1 aliphatic rings. The Labute approximate surface area is 141 Å². The van der Waals surface area contributed by atoms with Crippen LogP contribution in [0, 0.1) is 0 Å². The van der Waals surface area contributed by atoms with Gasteiger partial charge in [0, 0.05) is 12.4 Å². The van der Waals surface area contributed by atoms with Crippen molar-refractivity contribution in [2.24, 2.45) is 0 Å². The Balaban J connectivity index is 1.88. The molecule has 0 bridgehead atoms. The number of hydrogen-bond acceptors (Lipinski definition) is 5. The molecule has 3 rings (SSSR count). The largest absolute Gasteiger partial charge is 0.480 e. The van der Waals surface area contributed by atoms with Crippen LogP contribution in [0.1, 0.15) is 5.56 Å². The second kappa shape index (κ2) is 6.35. The molecule has 1 aliphatic heterocycles. The number of carbonyl (C=O) groups excluding carboxylic acids is 1. The van der Waals surface area contributed by atoms with Crippen molar-refractivity contribution in [1.82, 2.24) is 14.7 Å². The normalized spacial score (nSPS) is 16.3. The van der Waals surface area contributed by atoms with Crippen LogP contribution in [0.25, 0.3) is 11.8 Å². The average Bonchev–Trinajstić information content (AvgIpc) is 3.13. The minimum atomic E-state index is -1.09. The lowest BCUT2D eigenvalue weighted by molar-refractivity contribution is -0.140. The van der Waals surface area contributed by atoms with Gasteiger partial charge in [-0.15, -0.1) is 0 Å². The molecule has 6 nitrogen and oxygen atoms in total. The highest BCUT2D eigenvalue weighted by Crippen LogP contribution is 2.32. The molecule has 1 saturated heterocycles. The molecule has 23 heavy (non-hydrogen) atoms. The number of carboxylic acid groups (broad SMARTS) is 1. The molecule has 0 saturated carbocycles. The molecule has 1 aromatic heterocycles. The van der Waals surface area contributed by atoms with Gasteiger partial charge < -0.3 is 5.11 Å². The van der Waals surface area contributed by atoms with Crippen LogP contribution >= 0.6 is 24.0 Å². The van der Waals surface area contributed by atoms with Gasteiger partial charge >= 0.3 is 5.97 Å². The van der Waals surface area contributed by atoms with Gasteiger partial charge in [-0.05, 0) is 29.8 Å². The third-order valence-electron chi connectivity index (χ3n) is 3.10. The van der Waals surface area contributed by atoms with E-state index in [0.29, 0.717) is 4.91 Å². The van der Waals surface area contributed by atoms with Gasteiger partial charge in [0.15, 0.2) is 0 Å². The fourth-order valence-electron chi connectivity index (χ4n) is 2.10. The molecule has 0 atom stereocenters. The first kappa shape index (κ1) is 15.4. The van der Waals surface area contributed by atoms with Crippen molar-refractivity contribution < 1.29 is 14.7 Å². The van der Waals surface area contributed by atoms with E-state index in [-0.39, 0.29) is 10.2 Å². The lowest BCUT2D eigenvalue weighted by atomic mass is 10.2. The van der Waals surface area contributed by atoms with Crippen molar-refractivity contribution in [1.29, 1.82) is 0 Å². The maximum absolute atomic E-state index is 12.2. The number of amides is 1. The number of thiocarbonyl (C=S) groups is 1. The van der Waals surface area contributed by atoms with Crippen LogP contribution in [0.3, 0.4) is 0 Å². The number of aliphatic carboxylic acids is 1. The molecule has 1 aromatic carbocycles. The molecular formula is C15H11N3O3S2. The van der Waals surface area contributed by atoms with Crippen molar-refractivity contribution in [3.63, 3.8) is 0 Å². The van der Waals surface area contributed by atoms with Crippen LogP contribution in [-0.2, 0) is 9.59 Å². The van der Waals surface area contributed by atoms with E-state index in [1.165, 1.54) is 0 Å². The fraction of sp³-hybridized carbons (Fsp3) is 0.0667. The van der Waals surface area contributed by atoms with Crippen molar-refractivity contribution >= 4 is 46.3 Å². The standard InChI is InChI=1S/C15H11N3O3S2/c19-13(20)9-17-14(21)12(23-15(17)22)8-10-3-1-4-11(7-10)18-6-2-5-16-18/h1-8H,9H2,(H,19,20)/b12-8+. The molecule has 1 amide bonds. The molecule has 0 spiro atoms. The minimum absolute atomic E-state index is 0.256. The molecule has 1 N–H and O–H groups in total. The third kappa shape index (κ3) is 3.33. The number of nitrogens with zero attached hydrogens (tertiary/aromatic N) is 3. The lowest BCUT2D eigenvalue weighted by Gasteiger charge is -2.10. The lowest BCUT2D eigenvalue weighted by Crippen LogP contribution is -2.33. The molecule has 1 fully saturated rings. The Bertz CT molecular complexity index is 815. The van der Waals surface area contributed by atoms with E-state index < -0.39 is 12.5 Å². The Morgan fingerprint density at radius 3 is 2.91 bits per heavy atom. The predicted molar refractivity (Wildman–Crippen MR) is 91.1 cm³/mol. The van der Waals surface area contributed by atoms with Gasteiger partial charge in [-0.25, -0.2) is 4.68 Å². The quantitative estimate of drug-likeness (QED) is 0.676. The van der Waals surface area contributed by atoms with Crippen LogP contribution in [0.5, 0.6) is 0 Å². The van der Waals surface area contributed by atoms with Gasteiger partial charge in [0.25, 0.3) is 5.91 Å². The monoisotopic (exact) mass is 345 g/mol. The Morgan fingerprint density at radius 2 is 2.22 bits per heavy atom. The number of rotatable bonds is 4. The van der Waals surface area contributed by atoms with Gasteiger partial charge in [-0.3, -0.25) is 14.5 Å². The summed E-state index contributed by atoms with van der Waals surface area (Å²) in [6.07, 6.45) is 5.21. The molecule has 2 heterocycles. The smallest absolute Gasteiger partial charge is 0.323 e. The Morgan fingerprint density at radius 1 is 1.39 bits per heavy atom. The summed E-state index contributed by atoms with van der Waals surface area (Å²) < 4.78 is 1.97. The zero-order valence-corrected chi connectivity index (χ0v) is 13.4. The summed E-state index contributed by atoms with van der Waals surface area (Å²) in [4.78, 5) is 24.5. The molecule has 8 heteroatoms. The highest BCUT2D eigenvalue weighted by atomic mass is 32.2. The first-order chi connectivity index (χ1) is 11.0. The van der Waals surface area contributed by atoms with E-state index in [2.05, 4.69) is 5.10 Å². The predicted octanol–water partition coefficient (Wildman–Crippen LogP) is 2.16. The summed E-state index contributed by atoms with van der Waals surface area (Å²) in [5.74, 6) is -1.48. The first-order valence-corrected chi connectivity index (χ1v) is 7.84. The Hall–Kier alpha value is -2.45. The van der Waals surface area contributed by atoms with Crippen molar-refractivity contribution in [3.05, 3.63) is 53.2 Å². The third-order valence-corrected chi connectivity index (χ3v) is 4.48. The van der Waals surface area contributed by atoms with Crippen molar-refractivity contribution in [3.8, 4) is 5.69 Å². The zero-order valence-electron chi connectivity index (χ0n) is 11.7. The van der Waals surface area contributed by atoms with E-state index in [4.69, 9.17) is 17.3 Å². The number of benzene rings is 1. The second-order valence-corrected chi connectivity index (χ2v) is 6.38. The van der Waals surface area contributed by atoms with E-state index in [1.54, 1.807) is 17.0 Å². The topological polar surface area (TPSA) is 75.4 Å². The molecule has 0 radical (unpaired) electrons. The fourth-order valence-corrected chi connectivity index (χ4v) is 3.36. The summed E-state index contributed by atoms with van der Waals surface area (Å²) in [6, 6.07) is 9.33. The highest BCUT2D eigenvalue weighted by Gasteiger charge is 2.33. The van der Waals surface area contributed by atoms with E-state index in [1.807, 2.05) is 36.5 Å². The minimum Gasteiger partial charge on any atom is -0.480 e. The SMILES string of the molecule is O=C(O)CN1C(=O)/C(=C\c2cccc(-n3cccn3)c2)SC1=S. The van der Waals surface area contributed by atoms with Gasteiger partial charge in [0.2, 0.25) is 0 Å². The molecule has 116 valence electrons. The summed E-state index contributed by atoms with van der Waals surface area (Å²) in [6.45, 7) is -0.421. The number of thioether (sulfide) groups is 1. The van der Waals surface area contributed by atoms with Gasteiger partial charge in [0.05, 0.1) is 10.6 Å². The maximum atomic E-state index is 12.2. The van der Waals surface area contributed by atoms with Gasteiger partial charge in [-0.2, -0.15) is 5.10 Å². The summed E-state index contributed by atoms with van der Waals surface area (Å²) in [5, 5.41) is 13.0. The average molecular weight is 345 g/mol. The second-order valence-electron chi connectivity index (χ2n) is 4.71. The number of aromatic nitrogens is 2. The van der Waals surface area contributed by atoms with Crippen molar-refractivity contribution in [2.75, 3.05) is 6.54 Å². The van der Waals surface area contributed by atoms with Crippen LogP contribution in [0.15, 0.2) is 47.6 Å². The first-order valence-electron chi connectivity index (χ1n) is 6.62. The molecule has 0 unspecified atom stereocenters. The van der Waals surface area contributed by atoms with Gasteiger partial charge in [0.1, 0.15) is 10.9 Å². The summed E-state index contributed by atoms with van der Waals surface area (Å²) in [7, 11) is 0. The van der Waals surface area contributed by atoms with Crippen LogP contribution in [0.4, 0.5) is 0 Å². The summed E-state index contributed by atoms with van der Waals surface area (Å²) in [5.41, 5.74) is 1.68. The van der Waals surface area contributed by atoms with Gasteiger partial charge in [-0.1, -0.05) is 36.1 Å². The van der Waals surface area contributed by atoms with Crippen LogP contribution in [0.2, 0.25) is 0 Å². The summed E-state index contributed by atoms with van der Waals surface area (Å²) >= 11 is 6.17. The number of carbonyl (C=O) groups is 2. The molecular weight excluding hydrogens is 334 g/mol. The highest BCUT2D eigenvalue weighted by molar-refractivity contribution is 8.26. The van der Waals surface area contributed by atoms with E-state index in [0.717, 1.165) is 27.9 Å². The van der Waals surface area contributed by atoms with E-state index in [9.17, 15) is 9.59 Å². The maximum Gasteiger partial charge on any atom is 0.323 e. The molecule has 2 aromatic rings. The number of carboxylic acids is 1.